The van der Waals surface area contributed by atoms with Crippen molar-refractivity contribution in [2.45, 2.75) is 38.0 Å². The largest absolute Gasteiger partial charge is 0.299 e. The molecule has 1 aliphatic carbocycles. The molecule has 0 saturated heterocycles. The highest BCUT2D eigenvalue weighted by Gasteiger charge is 2.40. The van der Waals surface area contributed by atoms with Crippen LogP contribution in [0.15, 0.2) is 35.2 Å². The lowest BCUT2D eigenvalue weighted by atomic mass is 9.69. The molecule has 1 aromatic carbocycles. The molecule has 1 aliphatic rings. The standard InChI is InChI=1S/C15H20OS/c1-12-7-6-10-14(16)15(12,2)11-17-13-8-4-3-5-9-13/h3-5,8-9,12H,6-7,10-11H2,1-2H3/t12-,15+/m1/s1. The zero-order valence-electron chi connectivity index (χ0n) is 10.6. The number of carbonyl (C=O) groups is 1. The number of ketones is 1. The molecule has 1 nitrogen and oxygen atoms in total. The predicted octanol–water partition coefficient (Wildman–Crippen LogP) is 4.17. The fourth-order valence-corrected chi connectivity index (χ4v) is 3.68. The van der Waals surface area contributed by atoms with Crippen molar-refractivity contribution in [2.24, 2.45) is 11.3 Å². The number of thioether (sulfide) groups is 1. The van der Waals surface area contributed by atoms with Crippen molar-refractivity contribution in [3.8, 4) is 0 Å². The Hall–Kier alpha value is -0.760. The molecule has 2 atom stereocenters. The zero-order valence-corrected chi connectivity index (χ0v) is 11.4. The average Bonchev–Trinajstić information content (AvgIpc) is 2.35. The lowest BCUT2D eigenvalue weighted by Crippen LogP contribution is -2.40. The average molecular weight is 248 g/mol. The van der Waals surface area contributed by atoms with Crippen molar-refractivity contribution in [1.29, 1.82) is 0 Å². The van der Waals surface area contributed by atoms with Crippen LogP contribution in [0.4, 0.5) is 0 Å². The molecule has 1 aromatic rings. The van der Waals surface area contributed by atoms with Crippen molar-refractivity contribution < 1.29 is 4.79 Å². The highest BCUT2D eigenvalue weighted by atomic mass is 32.2. The molecule has 0 heterocycles. The summed E-state index contributed by atoms with van der Waals surface area (Å²) < 4.78 is 0. The number of carbonyl (C=O) groups excluding carboxylic acids is 1. The smallest absolute Gasteiger partial charge is 0.139 e. The van der Waals surface area contributed by atoms with Gasteiger partial charge in [-0.25, -0.2) is 0 Å². The summed E-state index contributed by atoms with van der Waals surface area (Å²) in [6.07, 6.45) is 3.04. The highest BCUT2D eigenvalue weighted by Crippen LogP contribution is 2.41. The van der Waals surface area contributed by atoms with Crippen molar-refractivity contribution in [3.63, 3.8) is 0 Å². The summed E-state index contributed by atoms with van der Waals surface area (Å²) >= 11 is 1.81. The molecule has 0 amide bonds. The van der Waals surface area contributed by atoms with E-state index in [9.17, 15) is 4.79 Å². The summed E-state index contributed by atoms with van der Waals surface area (Å²) in [5.41, 5.74) is -0.126. The molecule has 0 bridgehead atoms. The molecule has 2 rings (SSSR count). The van der Waals surface area contributed by atoms with E-state index in [4.69, 9.17) is 0 Å². The van der Waals surface area contributed by atoms with Gasteiger partial charge in [-0.15, -0.1) is 11.8 Å². The first kappa shape index (κ1) is 12.7. The van der Waals surface area contributed by atoms with Gasteiger partial charge in [-0.3, -0.25) is 4.79 Å². The Balaban J connectivity index is 2.03. The van der Waals surface area contributed by atoms with E-state index in [0.717, 1.165) is 18.6 Å². The van der Waals surface area contributed by atoms with Gasteiger partial charge in [0.2, 0.25) is 0 Å². The summed E-state index contributed by atoms with van der Waals surface area (Å²) in [5, 5.41) is 0. The van der Waals surface area contributed by atoms with E-state index in [2.05, 4.69) is 38.1 Å². The first-order valence-electron chi connectivity index (χ1n) is 6.34. The third-order valence-electron chi connectivity index (χ3n) is 4.05. The Morgan fingerprint density at radius 2 is 2.06 bits per heavy atom. The number of rotatable bonds is 3. The van der Waals surface area contributed by atoms with Crippen molar-refractivity contribution >= 4 is 17.5 Å². The molecule has 0 radical (unpaired) electrons. The minimum absolute atomic E-state index is 0.126. The molecule has 0 spiro atoms. The van der Waals surface area contributed by atoms with Crippen molar-refractivity contribution in [1.82, 2.24) is 0 Å². The third-order valence-corrected chi connectivity index (χ3v) is 5.40. The van der Waals surface area contributed by atoms with Crippen LogP contribution in [-0.4, -0.2) is 11.5 Å². The molecule has 0 N–H and O–H groups in total. The Kier molecular flexibility index (Phi) is 3.93. The van der Waals surface area contributed by atoms with Crippen LogP contribution in [-0.2, 0) is 4.79 Å². The van der Waals surface area contributed by atoms with Gasteiger partial charge in [0, 0.05) is 22.5 Å². The second kappa shape index (κ2) is 5.26. The van der Waals surface area contributed by atoms with Gasteiger partial charge in [-0.1, -0.05) is 32.0 Å². The SMILES string of the molecule is C[C@@H]1CCCC(=O)[C@@]1(C)CSc1ccccc1. The molecule has 17 heavy (non-hydrogen) atoms. The summed E-state index contributed by atoms with van der Waals surface area (Å²) in [5.74, 6) is 1.89. The minimum atomic E-state index is -0.126. The number of hydrogen-bond acceptors (Lipinski definition) is 2. The fourth-order valence-electron chi connectivity index (χ4n) is 2.42. The van der Waals surface area contributed by atoms with Crippen LogP contribution in [0.25, 0.3) is 0 Å². The van der Waals surface area contributed by atoms with Crippen molar-refractivity contribution in [2.75, 3.05) is 5.75 Å². The second-order valence-electron chi connectivity index (χ2n) is 5.24. The maximum Gasteiger partial charge on any atom is 0.139 e. The molecule has 0 aromatic heterocycles. The van der Waals surface area contributed by atoms with E-state index >= 15 is 0 Å². The predicted molar refractivity (Wildman–Crippen MR) is 73.3 cm³/mol. The van der Waals surface area contributed by atoms with Gasteiger partial charge in [0.1, 0.15) is 5.78 Å². The number of benzene rings is 1. The first-order chi connectivity index (χ1) is 8.13. The zero-order chi connectivity index (χ0) is 12.3. The highest BCUT2D eigenvalue weighted by molar-refractivity contribution is 7.99. The van der Waals surface area contributed by atoms with Gasteiger partial charge in [0.25, 0.3) is 0 Å². The second-order valence-corrected chi connectivity index (χ2v) is 6.28. The normalized spacial score (nSPS) is 29.3. The van der Waals surface area contributed by atoms with Crippen LogP contribution < -0.4 is 0 Å². The van der Waals surface area contributed by atoms with Crippen LogP contribution in [0.2, 0.25) is 0 Å². The quantitative estimate of drug-likeness (QED) is 0.747. The Morgan fingerprint density at radius 3 is 2.71 bits per heavy atom. The molecular formula is C15H20OS. The Bertz CT molecular complexity index is 387. The summed E-state index contributed by atoms with van der Waals surface area (Å²) in [7, 11) is 0. The number of hydrogen-bond donors (Lipinski definition) is 0. The van der Waals surface area contributed by atoms with Crippen LogP contribution in [0.1, 0.15) is 33.1 Å². The Labute approximate surface area is 108 Å². The topological polar surface area (TPSA) is 17.1 Å². The van der Waals surface area contributed by atoms with E-state index in [1.807, 2.05) is 17.8 Å². The van der Waals surface area contributed by atoms with E-state index in [-0.39, 0.29) is 5.41 Å². The molecule has 0 unspecified atom stereocenters. The molecule has 1 saturated carbocycles. The first-order valence-corrected chi connectivity index (χ1v) is 7.32. The summed E-state index contributed by atoms with van der Waals surface area (Å²) in [4.78, 5) is 13.4. The van der Waals surface area contributed by atoms with Crippen LogP contribution in [0.5, 0.6) is 0 Å². The van der Waals surface area contributed by atoms with E-state index in [1.165, 1.54) is 11.3 Å². The van der Waals surface area contributed by atoms with Crippen LogP contribution in [0, 0.1) is 11.3 Å². The minimum Gasteiger partial charge on any atom is -0.299 e. The fraction of sp³-hybridized carbons (Fsp3) is 0.533. The molecule has 0 aliphatic heterocycles. The van der Waals surface area contributed by atoms with Crippen LogP contribution >= 0.6 is 11.8 Å². The Morgan fingerprint density at radius 1 is 1.35 bits per heavy atom. The van der Waals surface area contributed by atoms with Gasteiger partial charge >= 0.3 is 0 Å². The molecular weight excluding hydrogens is 228 g/mol. The number of Topliss-reactive ketones (excluding diaryl/α,β-unsaturated/α-hetero) is 1. The van der Waals surface area contributed by atoms with Gasteiger partial charge in [-0.05, 0) is 30.9 Å². The summed E-state index contributed by atoms with van der Waals surface area (Å²) in [6.45, 7) is 4.37. The van der Waals surface area contributed by atoms with Gasteiger partial charge in [-0.2, -0.15) is 0 Å². The maximum absolute atomic E-state index is 12.1. The van der Waals surface area contributed by atoms with Gasteiger partial charge in [0.05, 0.1) is 0 Å². The lowest BCUT2D eigenvalue weighted by molar-refractivity contribution is -0.131. The van der Waals surface area contributed by atoms with Gasteiger partial charge < -0.3 is 0 Å². The van der Waals surface area contributed by atoms with Gasteiger partial charge in [0.15, 0.2) is 0 Å². The monoisotopic (exact) mass is 248 g/mol. The molecule has 92 valence electrons. The van der Waals surface area contributed by atoms with E-state index < -0.39 is 0 Å². The maximum atomic E-state index is 12.1. The lowest BCUT2D eigenvalue weighted by Gasteiger charge is -2.37. The summed E-state index contributed by atoms with van der Waals surface area (Å²) in [6, 6.07) is 10.4. The third kappa shape index (κ3) is 2.74. The molecule has 1 fully saturated rings. The van der Waals surface area contributed by atoms with E-state index in [1.54, 1.807) is 0 Å². The van der Waals surface area contributed by atoms with Crippen LogP contribution in [0.3, 0.4) is 0 Å². The molecule has 2 heteroatoms. The van der Waals surface area contributed by atoms with Crippen molar-refractivity contribution in [3.05, 3.63) is 30.3 Å². The van der Waals surface area contributed by atoms with E-state index in [0.29, 0.717) is 11.7 Å².